The molecule has 35 heavy (non-hydrogen) atoms. The number of nitrogens with two attached hydrogens (primary N) is 1. The Morgan fingerprint density at radius 1 is 1.09 bits per heavy atom. The molecule has 1 saturated carbocycles. The van der Waals surface area contributed by atoms with E-state index in [0.717, 1.165) is 12.1 Å². The van der Waals surface area contributed by atoms with Gasteiger partial charge in [0.25, 0.3) is 5.91 Å². The third-order valence-corrected chi connectivity index (χ3v) is 5.29. The van der Waals surface area contributed by atoms with Crippen LogP contribution in [0.5, 0.6) is 0 Å². The number of nitrogens with one attached hydrogen (secondary N) is 3. The fourth-order valence-corrected chi connectivity index (χ4v) is 3.29. The maximum Gasteiger partial charge on any atom is 0.418 e. The summed E-state index contributed by atoms with van der Waals surface area (Å²) in [7, 11) is 0. The standard InChI is InChI=1S/C22H19F4N7O2/c23-13-1-4-17(16(8-13)22(24,25)26)31-15-3-2-14(28-11-15)10-29-20(35)21(5-6-21)32-19(34)12-7-18(27)33-30-9-12/h1-4,7-9,11,31H,5-6,10H2,(H2,27,33)(H,29,35)(H,32,34). The summed E-state index contributed by atoms with van der Waals surface area (Å²) in [5.74, 6) is -1.83. The number of anilines is 3. The van der Waals surface area contributed by atoms with E-state index in [9.17, 15) is 27.2 Å². The van der Waals surface area contributed by atoms with Gasteiger partial charge in [0.15, 0.2) is 0 Å². The molecule has 1 aromatic carbocycles. The number of pyridine rings is 1. The molecule has 1 aliphatic carbocycles. The second-order valence-electron chi connectivity index (χ2n) is 7.94. The molecule has 0 radical (unpaired) electrons. The van der Waals surface area contributed by atoms with E-state index in [0.29, 0.717) is 24.6 Å². The summed E-state index contributed by atoms with van der Waals surface area (Å²) >= 11 is 0. The van der Waals surface area contributed by atoms with E-state index in [1.807, 2.05) is 0 Å². The topological polar surface area (TPSA) is 135 Å². The van der Waals surface area contributed by atoms with E-state index in [-0.39, 0.29) is 29.3 Å². The van der Waals surface area contributed by atoms with Gasteiger partial charge in [-0.15, -0.1) is 5.10 Å². The highest BCUT2D eigenvalue weighted by Crippen LogP contribution is 2.37. The molecule has 0 unspecified atom stereocenters. The van der Waals surface area contributed by atoms with Gasteiger partial charge in [-0.2, -0.15) is 18.3 Å². The lowest BCUT2D eigenvalue weighted by atomic mass is 10.1. The largest absolute Gasteiger partial charge is 0.418 e. The third-order valence-electron chi connectivity index (χ3n) is 5.29. The molecule has 2 amide bonds. The molecule has 2 heterocycles. The van der Waals surface area contributed by atoms with Crippen LogP contribution in [0.25, 0.3) is 0 Å². The van der Waals surface area contributed by atoms with Crippen LogP contribution in [-0.4, -0.2) is 32.5 Å². The van der Waals surface area contributed by atoms with Crippen LogP contribution in [0.4, 0.5) is 34.8 Å². The Balaban J connectivity index is 1.35. The molecule has 4 rings (SSSR count). The molecule has 1 aliphatic rings. The van der Waals surface area contributed by atoms with Crippen molar-refractivity contribution < 1.29 is 27.2 Å². The molecule has 0 aliphatic heterocycles. The van der Waals surface area contributed by atoms with Crippen LogP contribution in [0.2, 0.25) is 0 Å². The van der Waals surface area contributed by atoms with Crippen LogP contribution in [0, 0.1) is 5.82 Å². The van der Waals surface area contributed by atoms with Gasteiger partial charge in [-0.1, -0.05) is 0 Å². The maximum atomic E-state index is 13.3. The Morgan fingerprint density at radius 2 is 1.86 bits per heavy atom. The quantitative estimate of drug-likeness (QED) is 0.375. The molecule has 2 aromatic heterocycles. The van der Waals surface area contributed by atoms with Crippen molar-refractivity contribution in [1.82, 2.24) is 25.8 Å². The van der Waals surface area contributed by atoms with E-state index in [1.54, 1.807) is 0 Å². The number of hydrogen-bond donors (Lipinski definition) is 4. The third kappa shape index (κ3) is 5.62. The molecule has 0 saturated heterocycles. The predicted octanol–water partition coefficient (Wildman–Crippen LogP) is 2.93. The van der Waals surface area contributed by atoms with Crippen molar-refractivity contribution in [3.8, 4) is 0 Å². The molecule has 0 spiro atoms. The molecular weight excluding hydrogens is 470 g/mol. The predicted molar refractivity (Wildman–Crippen MR) is 117 cm³/mol. The number of benzene rings is 1. The number of carbonyl (C=O) groups excluding carboxylic acids is 2. The van der Waals surface area contributed by atoms with Crippen molar-refractivity contribution in [3.05, 3.63) is 71.4 Å². The van der Waals surface area contributed by atoms with Gasteiger partial charge >= 0.3 is 6.18 Å². The van der Waals surface area contributed by atoms with Crippen molar-refractivity contribution >= 4 is 29.0 Å². The summed E-state index contributed by atoms with van der Waals surface area (Å²) in [4.78, 5) is 29.2. The number of alkyl halides is 3. The second-order valence-corrected chi connectivity index (χ2v) is 7.94. The number of hydrogen-bond acceptors (Lipinski definition) is 7. The first-order valence-electron chi connectivity index (χ1n) is 10.3. The minimum absolute atomic E-state index is 0.0326. The highest BCUT2D eigenvalue weighted by Gasteiger charge is 2.51. The Bertz CT molecular complexity index is 1260. The zero-order valence-electron chi connectivity index (χ0n) is 18.0. The smallest absolute Gasteiger partial charge is 0.382 e. The number of rotatable bonds is 7. The molecule has 182 valence electrons. The average molecular weight is 489 g/mol. The van der Waals surface area contributed by atoms with Crippen LogP contribution in [0.3, 0.4) is 0 Å². The van der Waals surface area contributed by atoms with Gasteiger partial charge < -0.3 is 21.7 Å². The summed E-state index contributed by atoms with van der Waals surface area (Å²) in [5.41, 5.74) is 3.87. The molecule has 13 heteroatoms. The van der Waals surface area contributed by atoms with E-state index >= 15 is 0 Å². The zero-order chi connectivity index (χ0) is 25.2. The number of nitrogen functional groups attached to an aromatic ring is 1. The Morgan fingerprint density at radius 3 is 2.49 bits per heavy atom. The monoisotopic (exact) mass is 489 g/mol. The van der Waals surface area contributed by atoms with Crippen molar-refractivity contribution in [2.45, 2.75) is 31.1 Å². The summed E-state index contributed by atoms with van der Waals surface area (Å²) in [6.45, 7) is 0.0326. The number of halogens is 4. The van der Waals surface area contributed by atoms with Gasteiger partial charge in [0.05, 0.1) is 47.1 Å². The molecule has 5 N–H and O–H groups in total. The van der Waals surface area contributed by atoms with Gasteiger partial charge in [0.2, 0.25) is 5.91 Å². The highest BCUT2D eigenvalue weighted by atomic mass is 19.4. The van der Waals surface area contributed by atoms with Crippen LogP contribution in [-0.2, 0) is 17.5 Å². The van der Waals surface area contributed by atoms with E-state index in [4.69, 9.17) is 5.73 Å². The number of amides is 2. The van der Waals surface area contributed by atoms with Crippen LogP contribution < -0.4 is 21.7 Å². The lowest BCUT2D eigenvalue weighted by Crippen LogP contribution is -2.48. The van der Waals surface area contributed by atoms with Crippen LogP contribution in [0.15, 0.2) is 48.8 Å². The van der Waals surface area contributed by atoms with Crippen LogP contribution >= 0.6 is 0 Å². The van der Waals surface area contributed by atoms with E-state index in [1.165, 1.54) is 30.6 Å². The Hall–Kier alpha value is -4.29. The normalized spacial score (nSPS) is 14.2. The fourth-order valence-electron chi connectivity index (χ4n) is 3.29. The Kier molecular flexibility index (Phi) is 6.24. The number of aromatic nitrogens is 3. The van der Waals surface area contributed by atoms with Gasteiger partial charge in [-0.3, -0.25) is 14.6 Å². The molecule has 9 nitrogen and oxygen atoms in total. The summed E-state index contributed by atoms with van der Waals surface area (Å²) in [6, 6.07) is 6.66. The van der Waals surface area contributed by atoms with Gasteiger partial charge in [0.1, 0.15) is 17.2 Å². The fraction of sp³-hybridized carbons (Fsp3) is 0.227. The van der Waals surface area contributed by atoms with Gasteiger partial charge in [-0.25, -0.2) is 4.39 Å². The van der Waals surface area contributed by atoms with Crippen molar-refractivity contribution in [2.75, 3.05) is 11.1 Å². The van der Waals surface area contributed by atoms with Gasteiger partial charge in [0, 0.05) is 0 Å². The number of nitrogens with zero attached hydrogens (tertiary/aromatic N) is 3. The summed E-state index contributed by atoms with van der Waals surface area (Å²) in [6.07, 6.45) is -1.30. The first-order chi connectivity index (χ1) is 16.6. The lowest BCUT2D eigenvalue weighted by Gasteiger charge is -2.17. The van der Waals surface area contributed by atoms with E-state index in [2.05, 4.69) is 31.1 Å². The Labute approximate surface area is 196 Å². The molecular formula is C22H19F4N7O2. The average Bonchev–Trinajstić information content (AvgIpc) is 3.59. The van der Waals surface area contributed by atoms with E-state index < -0.39 is 34.9 Å². The molecule has 3 aromatic rings. The number of carbonyl (C=O) groups is 2. The molecule has 0 atom stereocenters. The molecule has 0 bridgehead atoms. The van der Waals surface area contributed by atoms with Gasteiger partial charge in [-0.05, 0) is 49.2 Å². The first kappa shape index (κ1) is 23.9. The molecule has 1 fully saturated rings. The van der Waals surface area contributed by atoms with Crippen molar-refractivity contribution in [3.63, 3.8) is 0 Å². The summed E-state index contributed by atoms with van der Waals surface area (Å²) in [5, 5.41) is 15.1. The minimum atomic E-state index is -4.74. The highest BCUT2D eigenvalue weighted by molar-refractivity contribution is 6.00. The van der Waals surface area contributed by atoms with Crippen LogP contribution in [0.1, 0.15) is 34.5 Å². The maximum absolute atomic E-state index is 13.3. The van der Waals surface area contributed by atoms with Crippen molar-refractivity contribution in [1.29, 1.82) is 0 Å². The second kappa shape index (κ2) is 9.16. The zero-order valence-corrected chi connectivity index (χ0v) is 18.0. The first-order valence-corrected chi connectivity index (χ1v) is 10.3. The summed E-state index contributed by atoms with van der Waals surface area (Å²) < 4.78 is 52.8. The van der Waals surface area contributed by atoms with Crippen molar-refractivity contribution in [2.24, 2.45) is 0 Å². The minimum Gasteiger partial charge on any atom is -0.382 e. The SMILES string of the molecule is Nc1cc(C(=O)NC2(C(=O)NCc3ccc(Nc4ccc(F)cc4C(F)(F)F)cn3)CC2)cnn1. The lowest BCUT2D eigenvalue weighted by molar-refractivity contribution is -0.137.